The number of halogens is 1. The molecule has 5 heterocycles. The second kappa shape index (κ2) is 13.0. The van der Waals surface area contributed by atoms with E-state index in [1.807, 2.05) is 119 Å². The van der Waals surface area contributed by atoms with E-state index in [0.29, 0.717) is 0 Å². The highest BCUT2D eigenvalue weighted by Gasteiger charge is 2.63. The Morgan fingerprint density at radius 2 is 0.771 bits per heavy atom. The number of aromatic nitrogens is 4. The summed E-state index contributed by atoms with van der Waals surface area (Å²) in [5.41, 5.74) is 2.47. The zero-order valence-electron chi connectivity index (χ0n) is 30.1. The summed E-state index contributed by atoms with van der Waals surface area (Å²) in [5.74, 6) is 0. The van der Waals surface area contributed by atoms with Gasteiger partial charge in [0.05, 0.1) is 55.7 Å². The molecule has 0 atom stereocenters. The fourth-order valence-corrected chi connectivity index (χ4v) is 5.39. The van der Waals surface area contributed by atoms with Crippen LogP contribution in [0.4, 0.5) is 0 Å². The Hall–Kier alpha value is -2.45. The minimum atomic E-state index is -0.476. The molecule has 7 rings (SSSR count). The van der Waals surface area contributed by atoms with E-state index >= 15 is 0 Å². The molecule has 2 aromatic heterocycles. The Bertz CT molecular complexity index is 1690. The molecule has 48 heavy (non-hydrogen) atoms. The molecule has 0 saturated carbocycles. The maximum atomic E-state index is 6.03. The summed E-state index contributed by atoms with van der Waals surface area (Å²) in [6, 6.07) is 11.7. The predicted octanol–water partition coefficient (Wildman–Crippen LogP) is 6.57. The summed E-state index contributed by atoms with van der Waals surface area (Å²) < 4.78 is 36.9. The molecule has 0 bridgehead atoms. The third-order valence-electron chi connectivity index (χ3n) is 10.2. The molecule has 0 N–H and O–H groups in total. The van der Waals surface area contributed by atoms with Gasteiger partial charge in [0, 0.05) is 29.3 Å². The molecule has 3 fully saturated rings. The van der Waals surface area contributed by atoms with Crippen LogP contribution in [-0.4, -0.2) is 74.7 Å². The van der Waals surface area contributed by atoms with Crippen molar-refractivity contribution in [1.29, 1.82) is 0 Å². The van der Waals surface area contributed by atoms with Crippen molar-refractivity contribution in [3.63, 3.8) is 0 Å². The van der Waals surface area contributed by atoms with Gasteiger partial charge in [0.15, 0.2) is 0 Å². The van der Waals surface area contributed by atoms with E-state index in [1.165, 1.54) is 0 Å². The lowest BCUT2D eigenvalue weighted by molar-refractivity contribution is 0.00578. The molecular formula is C34H46B3BrN4O6. The quantitative estimate of drug-likeness (QED) is 0.211. The Labute approximate surface area is 294 Å². The smallest absolute Gasteiger partial charge is 0.405 e. The van der Waals surface area contributed by atoms with Gasteiger partial charge >= 0.3 is 21.1 Å². The average molecular weight is 719 g/mol. The molecule has 14 heteroatoms. The van der Waals surface area contributed by atoms with Gasteiger partial charge in [-0.3, -0.25) is 19.9 Å². The minimum Gasteiger partial charge on any atom is -0.405 e. The lowest BCUT2D eigenvalue weighted by Gasteiger charge is -2.32. The Morgan fingerprint density at radius 1 is 0.438 bits per heavy atom. The standard InChI is InChI=1S/C14H17BN2O2.C12H24B2O4.C8H5BrN2/c1-13(2)14(3,4)19-15(18-13)10-5-6-11-12(9-10)17-8-7-16-11;1-9(2)10(3,4)16-13(15-9)14-17-11(5,6)12(7,8)18-14;9-6-1-2-7-8(5-6)11-4-3-10-7/h5-9H,1-4H3;1-8H3;1-5H. The summed E-state index contributed by atoms with van der Waals surface area (Å²) in [6.45, 7) is 24.4. The first-order valence-corrected chi connectivity index (χ1v) is 17.1. The van der Waals surface area contributed by atoms with Crippen LogP contribution in [0, 0.1) is 0 Å². The molecule has 0 spiro atoms. The first kappa shape index (κ1) is 36.8. The van der Waals surface area contributed by atoms with Crippen molar-refractivity contribution in [2.75, 3.05) is 0 Å². The third-order valence-corrected chi connectivity index (χ3v) is 10.7. The van der Waals surface area contributed by atoms with Crippen molar-refractivity contribution in [3.8, 4) is 0 Å². The summed E-state index contributed by atoms with van der Waals surface area (Å²) in [5, 5.41) is 0. The maximum absolute atomic E-state index is 6.03. The number of rotatable bonds is 2. The average Bonchev–Trinajstić information content (AvgIpc) is 3.46. The highest BCUT2D eigenvalue weighted by atomic mass is 79.9. The number of nitrogens with zero attached hydrogens (tertiary/aromatic N) is 4. The normalized spacial score (nSPS) is 22.6. The summed E-state index contributed by atoms with van der Waals surface area (Å²) in [7, 11) is -1.30. The van der Waals surface area contributed by atoms with E-state index in [0.717, 1.165) is 32.0 Å². The van der Waals surface area contributed by atoms with Crippen molar-refractivity contribution < 1.29 is 27.9 Å². The van der Waals surface area contributed by atoms with Crippen molar-refractivity contribution in [3.05, 3.63) is 65.7 Å². The monoisotopic (exact) mass is 718 g/mol. The van der Waals surface area contributed by atoms with Crippen molar-refractivity contribution in [2.24, 2.45) is 0 Å². The Kier molecular flexibility index (Phi) is 9.99. The Balaban J connectivity index is 0.000000146. The maximum Gasteiger partial charge on any atom is 0.494 e. The summed E-state index contributed by atoms with van der Waals surface area (Å²) in [4.78, 5) is 16.9. The van der Waals surface area contributed by atoms with Gasteiger partial charge < -0.3 is 27.9 Å². The van der Waals surface area contributed by atoms with Gasteiger partial charge in [0.1, 0.15) is 0 Å². The topological polar surface area (TPSA) is 107 Å². The van der Waals surface area contributed by atoms with E-state index in [-0.39, 0.29) is 40.7 Å². The fourth-order valence-electron chi connectivity index (χ4n) is 5.04. The number of benzene rings is 2. The highest BCUT2D eigenvalue weighted by Crippen LogP contribution is 2.43. The van der Waals surface area contributed by atoms with Crippen LogP contribution >= 0.6 is 15.9 Å². The molecule has 2 aromatic carbocycles. The zero-order valence-corrected chi connectivity index (χ0v) is 31.7. The van der Waals surface area contributed by atoms with E-state index in [9.17, 15) is 0 Å². The molecular weight excluding hydrogens is 673 g/mol. The van der Waals surface area contributed by atoms with Crippen LogP contribution in [0.1, 0.15) is 83.1 Å². The van der Waals surface area contributed by atoms with Crippen LogP contribution in [0.25, 0.3) is 22.1 Å². The second-order valence-corrected chi connectivity index (χ2v) is 16.2. The van der Waals surface area contributed by atoms with Crippen LogP contribution in [0.2, 0.25) is 0 Å². The van der Waals surface area contributed by atoms with Gasteiger partial charge in [0.2, 0.25) is 0 Å². The lowest BCUT2D eigenvalue weighted by Crippen LogP contribution is -2.41. The minimum absolute atomic E-state index is 0.324. The first-order valence-electron chi connectivity index (χ1n) is 16.3. The predicted molar refractivity (Wildman–Crippen MR) is 195 cm³/mol. The Morgan fingerprint density at radius 3 is 1.19 bits per heavy atom. The molecule has 3 aliphatic rings. The van der Waals surface area contributed by atoms with E-state index in [2.05, 4.69) is 35.9 Å². The molecule has 254 valence electrons. The molecule has 0 radical (unpaired) electrons. The molecule has 4 aromatic rings. The molecule has 0 aliphatic carbocycles. The van der Waals surface area contributed by atoms with Gasteiger partial charge in [-0.05, 0) is 119 Å². The number of hydrogen-bond acceptors (Lipinski definition) is 10. The molecule has 0 unspecified atom stereocenters. The number of fused-ring (bicyclic) bond motifs is 2. The molecule has 3 aliphatic heterocycles. The van der Waals surface area contributed by atoms with Crippen molar-refractivity contribution in [2.45, 2.75) is 117 Å². The lowest BCUT2D eigenvalue weighted by atomic mass is 9.49. The summed E-state index contributed by atoms with van der Waals surface area (Å²) in [6.07, 6.45) is 6.76. The second-order valence-electron chi connectivity index (χ2n) is 15.3. The SMILES string of the molecule is Brc1ccc2nccnc2c1.CC1(C)OB(B2OC(C)(C)C(C)(C)O2)OC1(C)C.CC1(C)OB(c2ccc3nccnc3c2)OC1(C)C. The van der Waals surface area contributed by atoms with Crippen LogP contribution in [0.3, 0.4) is 0 Å². The van der Waals surface area contributed by atoms with Gasteiger partial charge in [-0.15, -0.1) is 0 Å². The van der Waals surface area contributed by atoms with Crippen LogP contribution < -0.4 is 5.46 Å². The van der Waals surface area contributed by atoms with Gasteiger partial charge in [-0.1, -0.05) is 22.0 Å². The van der Waals surface area contributed by atoms with E-state index in [4.69, 9.17) is 27.9 Å². The highest BCUT2D eigenvalue weighted by molar-refractivity contribution is 9.10. The van der Waals surface area contributed by atoms with Crippen LogP contribution in [-0.2, 0) is 27.9 Å². The number of hydrogen-bond donors (Lipinski definition) is 0. The van der Waals surface area contributed by atoms with E-state index < -0.39 is 14.0 Å². The zero-order chi connectivity index (χ0) is 35.3. The molecule has 0 amide bonds. The van der Waals surface area contributed by atoms with Crippen LogP contribution in [0.15, 0.2) is 65.7 Å². The van der Waals surface area contributed by atoms with E-state index in [1.54, 1.807) is 24.8 Å². The van der Waals surface area contributed by atoms with Crippen LogP contribution in [0.5, 0.6) is 0 Å². The first-order chi connectivity index (χ1) is 22.1. The van der Waals surface area contributed by atoms with Gasteiger partial charge in [0.25, 0.3) is 0 Å². The fraction of sp³-hybridized carbons (Fsp3) is 0.529. The van der Waals surface area contributed by atoms with Crippen molar-refractivity contribution in [1.82, 2.24) is 19.9 Å². The van der Waals surface area contributed by atoms with Gasteiger partial charge in [-0.2, -0.15) is 0 Å². The third kappa shape index (κ3) is 7.50. The van der Waals surface area contributed by atoms with Gasteiger partial charge in [-0.25, -0.2) is 0 Å². The van der Waals surface area contributed by atoms with Crippen molar-refractivity contribution >= 4 is 64.6 Å². The molecule has 3 saturated heterocycles. The molecule has 10 nitrogen and oxygen atoms in total. The largest absolute Gasteiger partial charge is 0.494 e. The summed E-state index contributed by atoms with van der Waals surface area (Å²) >= 11 is 3.36.